The van der Waals surface area contributed by atoms with Crippen LogP contribution in [-0.4, -0.2) is 47.4 Å². The first-order valence-electron chi connectivity index (χ1n) is 9.99. The van der Waals surface area contributed by atoms with Crippen molar-refractivity contribution in [3.63, 3.8) is 0 Å². The lowest BCUT2D eigenvalue weighted by Crippen LogP contribution is -2.50. The third kappa shape index (κ3) is 2.91. The Kier molecular flexibility index (Phi) is 4.03. The van der Waals surface area contributed by atoms with Crippen LogP contribution in [-0.2, 0) is 9.59 Å². The second kappa shape index (κ2) is 6.46. The summed E-state index contributed by atoms with van der Waals surface area (Å²) in [4.78, 5) is 39.6. The van der Waals surface area contributed by atoms with Crippen LogP contribution in [0.4, 0.5) is 11.4 Å². The minimum absolute atomic E-state index is 0.0640. The number of amides is 2. The fraction of sp³-hybridized carbons (Fsp3) is 0.600. The fourth-order valence-corrected chi connectivity index (χ4v) is 5.79. The first-order valence-corrected chi connectivity index (χ1v) is 9.99. The number of rotatable bonds is 3. The summed E-state index contributed by atoms with van der Waals surface area (Å²) in [6, 6.07) is 4.42. The van der Waals surface area contributed by atoms with E-state index < -0.39 is 4.92 Å². The van der Waals surface area contributed by atoms with Crippen LogP contribution in [0, 0.1) is 27.9 Å². The second-order valence-electron chi connectivity index (χ2n) is 8.65. The molecule has 4 fully saturated rings. The Bertz CT molecular complexity index is 842. The molecule has 3 aliphatic heterocycles. The number of carbonyl (C=O) groups excluding carboxylic acids is 2. The third-order valence-electron chi connectivity index (χ3n) is 6.82. The summed E-state index contributed by atoms with van der Waals surface area (Å²) >= 11 is 0. The largest absolute Gasteiger partial charge is 0.482 e. The predicted molar refractivity (Wildman–Crippen MR) is 100 cm³/mol. The van der Waals surface area contributed by atoms with Crippen LogP contribution < -0.4 is 9.64 Å². The first-order chi connectivity index (χ1) is 13.5. The molecule has 2 aliphatic carbocycles. The number of fused-ring (bicyclic) bond motifs is 2. The standard InChI is InChI=1S/C20H23N3O5/c24-19(21-9-14-4-12-3-13(5-14)7-16(21)6-12)10-22-17-8-15(23(26)27)1-2-18(17)28-11-20(22)25/h1-2,8,12-14,16H,3-7,9-11H2. The summed E-state index contributed by atoms with van der Waals surface area (Å²) in [7, 11) is 0. The van der Waals surface area contributed by atoms with Gasteiger partial charge in [-0.15, -0.1) is 0 Å². The van der Waals surface area contributed by atoms with Crippen molar-refractivity contribution in [3.05, 3.63) is 28.3 Å². The van der Waals surface area contributed by atoms with Gasteiger partial charge in [-0.3, -0.25) is 24.6 Å². The van der Waals surface area contributed by atoms with E-state index in [0.717, 1.165) is 31.2 Å². The zero-order valence-corrected chi connectivity index (χ0v) is 15.6. The summed E-state index contributed by atoms with van der Waals surface area (Å²) < 4.78 is 5.40. The molecule has 6 rings (SSSR count). The minimum atomic E-state index is -0.510. The molecule has 5 aliphatic rings. The number of benzene rings is 1. The number of ether oxygens (including phenoxy) is 1. The highest BCUT2D eigenvalue weighted by Gasteiger charge is 2.44. The zero-order chi connectivity index (χ0) is 19.4. The van der Waals surface area contributed by atoms with Crippen molar-refractivity contribution in [1.29, 1.82) is 0 Å². The predicted octanol–water partition coefficient (Wildman–Crippen LogP) is 2.36. The Labute approximate surface area is 162 Å². The average Bonchev–Trinajstić information content (AvgIpc) is 2.86. The van der Waals surface area contributed by atoms with E-state index in [1.54, 1.807) is 0 Å². The Morgan fingerprint density at radius 2 is 1.86 bits per heavy atom. The molecule has 2 unspecified atom stereocenters. The SMILES string of the molecule is O=C1COc2ccc([N+](=O)[O-])cc2N1CC(=O)N1CC2CC3CC(C2)CC1C3. The number of hydrogen-bond acceptors (Lipinski definition) is 5. The number of nitro groups is 1. The fourth-order valence-electron chi connectivity index (χ4n) is 5.79. The molecule has 2 saturated carbocycles. The maximum Gasteiger partial charge on any atom is 0.271 e. The molecule has 4 bridgehead atoms. The van der Waals surface area contributed by atoms with Crippen LogP contribution in [0.5, 0.6) is 5.75 Å². The van der Waals surface area contributed by atoms with Crippen molar-refractivity contribution < 1.29 is 19.2 Å². The summed E-state index contributed by atoms with van der Waals surface area (Å²) in [5, 5.41) is 11.1. The van der Waals surface area contributed by atoms with E-state index in [1.165, 1.54) is 42.4 Å². The molecule has 2 atom stereocenters. The molecule has 0 radical (unpaired) electrons. The van der Waals surface area contributed by atoms with Gasteiger partial charge >= 0.3 is 0 Å². The van der Waals surface area contributed by atoms with E-state index in [9.17, 15) is 19.7 Å². The first kappa shape index (κ1) is 17.5. The molecule has 8 heteroatoms. The molecular weight excluding hydrogens is 362 g/mol. The van der Waals surface area contributed by atoms with E-state index >= 15 is 0 Å². The van der Waals surface area contributed by atoms with E-state index in [-0.39, 0.29) is 36.7 Å². The van der Waals surface area contributed by atoms with Gasteiger partial charge in [0.05, 0.1) is 10.6 Å². The maximum atomic E-state index is 13.2. The molecule has 1 aromatic rings. The van der Waals surface area contributed by atoms with Gasteiger partial charge in [0.2, 0.25) is 5.91 Å². The van der Waals surface area contributed by atoms with Gasteiger partial charge in [0.15, 0.2) is 6.61 Å². The lowest BCUT2D eigenvalue weighted by Gasteiger charge is -2.39. The lowest BCUT2D eigenvalue weighted by molar-refractivity contribution is -0.384. The number of carbonyl (C=O) groups is 2. The number of nitro benzene ring substituents is 1. The molecule has 0 N–H and O–H groups in total. The number of nitrogens with zero attached hydrogens (tertiary/aromatic N) is 3. The summed E-state index contributed by atoms with van der Waals surface area (Å²) in [6.45, 7) is 0.528. The second-order valence-corrected chi connectivity index (χ2v) is 8.65. The minimum Gasteiger partial charge on any atom is -0.482 e. The van der Waals surface area contributed by atoms with E-state index in [1.807, 2.05) is 4.90 Å². The summed E-state index contributed by atoms with van der Waals surface area (Å²) in [5.41, 5.74) is 0.180. The highest BCUT2D eigenvalue weighted by molar-refractivity contribution is 6.02. The van der Waals surface area contributed by atoms with Gasteiger partial charge in [-0.25, -0.2) is 0 Å². The van der Waals surface area contributed by atoms with Gasteiger partial charge in [0, 0.05) is 24.7 Å². The summed E-state index contributed by atoms with van der Waals surface area (Å²) in [5.74, 6) is 2.01. The molecule has 0 aromatic heterocycles. The van der Waals surface area contributed by atoms with Crippen LogP contribution in [0.2, 0.25) is 0 Å². The van der Waals surface area contributed by atoms with Crippen molar-refractivity contribution in [1.82, 2.24) is 4.90 Å². The molecule has 148 valence electrons. The Balaban J connectivity index is 1.40. The van der Waals surface area contributed by atoms with Gasteiger partial charge in [-0.1, -0.05) is 0 Å². The van der Waals surface area contributed by atoms with Gasteiger partial charge in [-0.2, -0.15) is 0 Å². The number of non-ortho nitro benzene ring substituents is 1. The Morgan fingerprint density at radius 3 is 2.57 bits per heavy atom. The Morgan fingerprint density at radius 1 is 1.14 bits per heavy atom. The van der Waals surface area contributed by atoms with Crippen molar-refractivity contribution in [2.75, 3.05) is 24.6 Å². The lowest BCUT2D eigenvalue weighted by atomic mass is 9.68. The van der Waals surface area contributed by atoms with Crippen molar-refractivity contribution >= 4 is 23.2 Å². The zero-order valence-electron chi connectivity index (χ0n) is 15.6. The molecule has 3 heterocycles. The van der Waals surface area contributed by atoms with Crippen molar-refractivity contribution in [3.8, 4) is 5.75 Å². The van der Waals surface area contributed by atoms with E-state index in [4.69, 9.17) is 4.74 Å². The van der Waals surface area contributed by atoms with Gasteiger partial charge in [0.1, 0.15) is 12.3 Å². The number of anilines is 1. The molecule has 8 nitrogen and oxygen atoms in total. The van der Waals surface area contributed by atoms with Crippen LogP contribution in [0.1, 0.15) is 32.1 Å². The van der Waals surface area contributed by atoms with Crippen LogP contribution in [0.25, 0.3) is 0 Å². The van der Waals surface area contributed by atoms with Gasteiger partial charge in [0.25, 0.3) is 11.6 Å². The topological polar surface area (TPSA) is 93.0 Å². The quantitative estimate of drug-likeness (QED) is 0.588. The van der Waals surface area contributed by atoms with E-state index in [0.29, 0.717) is 17.4 Å². The highest BCUT2D eigenvalue weighted by atomic mass is 16.6. The van der Waals surface area contributed by atoms with Crippen LogP contribution >= 0.6 is 0 Å². The molecule has 2 saturated heterocycles. The van der Waals surface area contributed by atoms with Gasteiger partial charge in [-0.05, 0) is 55.9 Å². The van der Waals surface area contributed by atoms with Crippen molar-refractivity contribution in [2.45, 2.75) is 38.1 Å². The van der Waals surface area contributed by atoms with Gasteiger partial charge < -0.3 is 9.64 Å². The molecular formula is C20H23N3O5. The molecule has 0 spiro atoms. The Hall–Kier alpha value is -2.64. The molecule has 28 heavy (non-hydrogen) atoms. The summed E-state index contributed by atoms with van der Waals surface area (Å²) in [6.07, 6.45) is 5.86. The smallest absolute Gasteiger partial charge is 0.271 e. The number of hydrogen-bond donors (Lipinski definition) is 0. The van der Waals surface area contributed by atoms with Crippen molar-refractivity contribution in [2.24, 2.45) is 17.8 Å². The molecule has 1 aromatic carbocycles. The van der Waals surface area contributed by atoms with Crippen LogP contribution in [0.3, 0.4) is 0 Å². The average molecular weight is 385 g/mol. The maximum absolute atomic E-state index is 13.2. The normalized spacial score (nSPS) is 30.6. The third-order valence-corrected chi connectivity index (χ3v) is 6.82. The highest BCUT2D eigenvalue weighted by Crippen LogP contribution is 2.47. The van der Waals surface area contributed by atoms with E-state index in [2.05, 4.69) is 0 Å². The molecule has 2 amide bonds. The van der Waals surface area contributed by atoms with Crippen LogP contribution in [0.15, 0.2) is 18.2 Å². The monoisotopic (exact) mass is 385 g/mol.